The predicted octanol–water partition coefficient (Wildman–Crippen LogP) is 1.95. The molecule has 19 heavy (non-hydrogen) atoms. The standard InChI is InChI=1S/C15H21NO3/c1-4-16(11-15(18)19-3)14(17)10-9-13-7-5-12(2)6-8-13/h5-8H,4,9-11H2,1-3H3. The Morgan fingerprint density at radius 1 is 1.21 bits per heavy atom. The van der Waals surface area contributed by atoms with Gasteiger partial charge in [-0.15, -0.1) is 0 Å². The maximum Gasteiger partial charge on any atom is 0.325 e. The van der Waals surface area contributed by atoms with Crippen molar-refractivity contribution in [3.63, 3.8) is 0 Å². The number of benzene rings is 1. The van der Waals surface area contributed by atoms with Gasteiger partial charge in [0.05, 0.1) is 7.11 Å². The number of methoxy groups -OCH3 is 1. The minimum absolute atomic E-state index is 0.0199. The highest BCUT2D eigenvalue weighted by Gasteiger charge is 2.15. The smallest absolute Gasteiger partial charge is 0.325 e. The van der Waals surface area contributed by atoms with E-state index in [1.165, 1.54) is 17.6 Å². The van der Waals surface area contributed by atoms with Crippen LogP contribution in [0.3, 0.4) is 0 Å². The monoisotopic (exact) mass is 263 g/mol. The quantitative estimate of drug-likeness (QED) is 0.737. The molecule has 0 radical (unpaired) electrons. The van der Waals surface area contributed by atoms with Crippen LogP contribution >= 0.6 is 0 Å². The van der Waals surface area contributed by atoms with Crippen LogP contribution in [0.15, 0.2) is 24.3 Å². The van der Waals surface area contributed by atoms with Crippen molar-refractivity contribution in [2.45, 2.75) is 26.7 Å². The van der Waals surface area contributed by atoms with E-state index >= 15 is 0 Å². The Balaban J connectivity index is 2.48. The van der Waals surface area contributed by atoms with Crippen LogP contribution in [0.4, 0.5) is 0 Å². The molecular formula is C15H21NO3. The van der Waals surface area contributed by atoms with E-state index in [9.17, 15) is 9.59 Å². The van der Waals surface area contributed by atoms with Crippen LogP contribution in [0.25, 0.3) is 0 Å². The van der Waals surface area contributed by atoms with Gasteiger partial charge >= 0.3 is 5.97 Å². The molecule has 1 amide bonds. The number of carbonyl (C=O) groups is 2. The Morgan fingerprint density at radius 2 is 1.84 bits per heavy atom. The molecule has 1 rings (SSSR count). The fourth-order valence-corrected chi connectivity index (χ4v) is 1.76. The third-order valence-corrected chi connectivity index (χ3v) is 3.03. The molecular weight excluding hydrogens is 242 g/mol. The second-order valence-electron chi connectivity index (χ2n) is 4.47. The van der Waals surface area contributed by atoms with Gasteiger partial charge in [-0.05, 0) is 25.8 Å². The van der Waals surface area contributed by atoms with Gasteiger partial charge in [-0.2, -0.15) is 0 Å². The summed E-state index contributed by atoms with van der Waals surface area (Å²) in [4.78, 5) is 24.7. The van der Waals surface area contributed by atoms with Crippen molar-refractivity contribution in [3.05, 3.63) is 35.4 Å². The van der Waals surface area contributed by atoms with Crippen LogP contribution < -0.4 is 0 Å². The maximum absolute atomic E-state index is 12.0. The van der Waals surface area contributed by atoms with Gasteiger partial charge in [-0.25, -0.2) is 0 Å². The lowest BCUT2D eigenvalue weighted by Crippen LogP contribution is -2.36. The summed E-state index contributed by atoms with van der Waals surface area (Å²) in [6.07, 6.45) is 1.10. The second kappa shape index (κ2) is 7.56. The van der Waals surface area contributed by atoms with Gasteiger partial charge in [0.1, 0.15) is 6.54 Å². The van der Waals surface area contributed by atoms with E-state index in [0.717, 1.165) is 5.56 Å². The number of aryl methyl sites for hydroxylation is 2. The molecule has 0 aliphatic heterocycles. The molecule has 0 aliphatic rings. The van der Waals surface area contributed by atoms with Crippen molar-refractivity contribution >= 4 is 11.9 Å². The SMILES string of the molecule is CCN(CC(=O)OC)C(=O)CCc1ccc(C)cc1. The predicted molar refractivity (Wildman–Crippen MR) is 73.8 cm³/mol. The molecule has 0 aromatic heterocycles. The first-order valence-corrected chi connectivity index (χ1v) is 6.47. The number of ether oxygens (including phenoxy) is 1. The number of esters is 1. The highest BCUT2D eigenvalue weighted by molar-refractivity contribution is 5.82. The van der Waals surface area contributed by atoms with Gasteiger partial charge in [0.15, 0.2) is 0 Å². The molecule has 0 N–H and O–H groups in total. The lowest BCUT2D eigenvalue weighted by Gasteiger charge is -2.19. The molecule has 0 saturated carbocycles. The summed E-state index contributed by atoms with van der Waals surface area (Å²) in [6.45, 7) is 4.43. The Labute approximate surface area is 114 Å². The number of likely N-dealkylation sites (N-methyl/N-ethyl adjacent to an activating group) is 1. The van der Waals surface area contributed by atoms with Crippen molar-refractivity contribution in [1.29, 1.82) is 0 Å². The minimum atomic E-state index is -0.384. The van der Waals surface area contributed by atoms with Crippen molar-refractivity contribution in [2.24, 2.45) is 0 Å². The lowest BCUT2D eigenvalue weighted by atomic mass is 10.1. The van der Waals surface area contributed by atoms with Crippen LogP contribution in [0.5, 0.6) is 0 Å². The van der Waals surface area contributed by atoms with Crippen LogP contribution in [0, 0.1) is 6.92 Å². The first-order valence-electron chi connectivity index (χ1n) is 6.47. The number of hydrogen-bond donors (Lipinski definition) is 0. The zero-order valence-corrected chi connectivity index (χ0v) is 11.8. The van der Waals surface area contributed by atoms with E-state index < -0.39 is 0 Å². The van der Waals surface area contributed by atoms with E-state index in [0.29, 0.717) is 19.4 Å². The second-order valence-corrected chi connectivity index (χ2v) is 4.47. The van der Waals surface area contributed by atoms with E-state index in [1.54, 1.807) is 0 Å². The van der Waals surface area contributed by atoms with Gasteiger partial charge in [-0.1, -0.05) is 29.8 Å². The molecule has 1 aromatic carbocycles. The summed E-state index contributed by atoms with van der Waals surface area (Å²) in [5.74, 6) is -0.404. The molecule has 4 heteroatoms. The van der Waals surface area contributed by atoms with Crippen molar-refractivity contribution in [3.8, 4) is 0 Å². The third-order valence-electron chi connectivity index (χ3n) is 3.03. The van der Waals surface area contributed by atoms with Crippen molar-refractivity contribution in [1.82, 2.24) is 4.90 Å². The average molecular weight is 263 g/mol. The van der Waals surface area contributed by atoms with Crippen molar-refractivity contribution in [2.75, 3.05) is 20.2 Å². The fraction of sp³-hybridized carbons (Fsp3) is 0.467. The van der Waals surface area contributed by atoms with Gasteiger partial charge in [0, 0.05) is 13.0 Å². The van der Waals surface area contributed by atoms with Crippen LogP contribution in [0.2, 0.25) is 0 Å². The number of amides is 1. The van der Waals surface area contributed by atoms with Crippen LogP contribution in [-0.2, 0) is 20.7 Å². The van der Waals surface area contributed by atoms with E-state index in [1.807, 2.05) is 38.1 Å². The molecule has 0 atom stereocenters. The topological polar surface area (TPSA) is 46.6 Å². The summed E-state index contributed by atoms with van der Waals surface area (Å²) >= 11 is 0. The molecule has 0 aliphatic carbocycles. The average Bonchev–Trinajstić information content (AvgIpc) is 2.43. The summed E-state index contributed by atoms with van der Waals surface area (Å²) in [7, 11) is 1.33. The van der Waals surface area contributed by atoms with Gasteiger partial charge in [0.25, 0.3) is 0 Å². The first kappa shape index (κ1) is 15.2. The number of nitrogens with zero attached hydrogens (tertiary/aromatic N) is 1. The molecule has 0 heterocycles. The molecule has 4 nitrogen and oxygen atoms in total. The maximum atomic E-state index is 12.0. The summed E-state index contributed by atoms with van der Waals surface area (Å²) in [5.41, 5.74) is 2.34. The fourth-order valence-electron chi connectivity index (χ4n) is 1.76. The van der Waals surface area contributed by atoms with E-state index in [2.05, 4.69) is 4.74 Å². The molecule has 0 unspecified atom stereocenters. The largest absolute Gasteiger partial charge is 0.468 e. The number of hydrogen-bond acceptors (Lipinski definition) is 3. The van der Waals surface area contributed by atoms with Gasteiger partial charge in [0.2, 0.25) is 5.91 Å². The summed E-state index contributed by atoms with van der Waals surface area (Å²) in [5, 5.41) is 0. The highest BCUT2D eigenvalue weighted by atomic mass is 16.5. The van der Waals surface area contributed by atoms with Crippen LogP contribution in [-0.4, -0.2) is 37.0 Å². The number of carbonyl (C=O) groups excluding carboxylic acids is 2. The Bertz CT molecular complexity index is 426. The van der Waals surface area contributed by atoms with Gasteiger partial charge in [-0.3, -0.25) is 9.59 Å². The summed E-state index contributed by atoms with van der Waals surface area (Å²) in [6, 6.07) is 8.12. The normalized spacial score (nSPS) is 10.1. The molecule has 104 valence electrons. The minimum Gasteiger partial charge on any atom is -0.468 e. The third kappa shape index (κ3) is 5.12. The molecule has 1 aromatic rings. The zero-order chi connectivity index (χ0) is 14.3. The van der Waals surface area contributed by atoms with Crippen LogP contribution in [0.1, 0.15) is 24.5 Å². The summed E-state index contributed by atoms with van der Waals surface area (Å²) < 4.78 is 4.58. The Kier molecular flexibility index (Phi) is 6.06. The highest BCUT2D eigenvalue weighted by Crippen LogP contribution is 2.07. The molecule has 0 spiro atoms. The Hall–Kier alpha value is -1.84. The first-order chi connectivity index (χ1) is 9.06. The van der Waals surface area contributed by atoms with E-state index in [4.69, 9.17) is 0 Å². The molecule has 0 fully saturated rings. The molecule has 0 saturated heterocycles. The lowest BCUT2D eigenvalue weighted by molar-refractivity contribution is -0.146. The van der Waals surface area contributed by atoms with Crippen molar-refractivity contribution < 1.29 is 14.3 Å². The zero-order valence-electron chi connectivity index (χ0n) is 11.8. The van der Waals surface area contributed by atoms with E-state index in [-0.39, 0.29) is 18.4 Å². The molecule has 0 bridgehead atoms. The number of rotatable bonds is 6. The Morgan fingerprint density at radius 3 is 2.37 bits per heavy atom. The van der Waals surface area contributed by atoms with Gasteiger partial charge < -0.3 is 9.64 Å².